The smallest absolute Gasteiger partial charge is 0.255 e. The summed E-state index contributed by atoms with van der Waals surface area (Å²) in [5.74, 6) is 6.94. The van der Waals surface area contributed by atoms with Crippen molar-refractivity contribution in [1.82, 2.24) is 0 Å². The number of hydrogen-bond donors (Lipinski definition) is 4. The van der Waals surface area contributed by atoms with Gasteiger partial charge in [-0.05, 0) is 176 Å². The summed E-state index contributed by atoms with van der Waals surface area (Å²) in [6.07, 6.45) is 8.16. The van der Waals surface area contributed by atoms with Crippen LogP contribution in [0.1, 0.15) is 106 Å². The van der Waals surface area contributed by atoms with E-state index in [1.54, 1.807) is 0 Å². The first-order valence-corrected chi connectivity index (χ1v) is 24.1. The van der Waals surface area contributed by atoms with Crippen LogP contribution in [0.2, 0.25) is 0 Å². The topological polar surface area (TPSA) is 167 Å². The van der Waals surface area contributed by atoms with Crippen molar-refractivity contribution in [3.63, 3.8) is 0 Å². The third-order valence-electron chi connectivity index (χ3n) is 14.4. The lowest BCUT2D eigenvalue weighted by atomic mass is 9.89. The van der Waals surface area contributed by atoms with Crippen LogP contribution in [-0.2, 0) is 5.66 Å². The van der Waals surface area contributed by atoms with Crippen molar-refractivity contribution in [2.45, 2.75) is 77.3 Å². The van der Waals surface area contributed by atoms with Gasteiger partial charge in [0.1, 0.15) is 6.07 Å². The Hall–Kier alpha value is -7.29. The van der Waals surface area contributed by atoms with Gasteiger partial charge in [0.25, 0.3) is 11.8 Å². The standard InChI is InChI=1S/C57H61N9O2/c1-37-27-46(36-58)53(34-49(37)40-13-6-4-7-14-40)61-55(67)43-17-12-20-48(32-43)66-25-21-39(22-26-66)29-45-33-51(45)42-16-10-15-41(30-42)50-35-54(52(28-38(50)2)57(3,59)63-64-60)62-56(68)44-18-11-19-47(31-44)65-23-8-5-9-24-65/h4,6-7,10-20,27-28,30-32,34-35,39,45,51H,5,8-9,21-26,29,33,59H2,1-3H3,(H2,60,63)(H,61,67)(H,62,68)/p+1/t45?,51-,57?/m1/s1. The Morgan fingerprint density at radius 1 is 0.721 bits per heavy atom. The number of anilines is 4. The molecule has 0 aromatic heterocycles. The molecule has 0 bridgehead atoms. The predicted octanol–water partition coefficient (Wildman–Crippen LogP) is 11.2. The first kappa shape index (κ1) is 45.8. The lowest BCUT2D eigenvalue weighted by molar-refractivity contribution is -0.480. The predicted molar refractivity (Wildman–Crippen MR) is 272 cm³/mol. The number of nitrogens with one attached hydrogen (secondary N) is 2. The molecule has 0 radical (unpaired) electrons. The summed E-state index contributed by atoms with van der Waals surface area (Å²) in [5.41, 5.74) is 16.5. The van der Waals surface area contributed by atoms with E-state index in [1.165, 1.54) is 24.8 Å². The van der Waals surface area contributed by atoms with Gasteiger partial charge in [-0.1, -0.05) is 72.0 Å². The number of carbonyl (C=O) groups excluding carboxylic acids is 2. The maximum atomic E-state index is 14.0. The third-order valence-corrected chi connectivity index (χ3v) is 14.4. The Labute approximate surface area is 400 Å². The lowest BCUT2D eigenvalue weighted by Gasteiger charge is -2.34. The molecule has 0 spiro atoms. The van der Waals surface area contributed by atoms with Crippen molar-refractivity contribution in [2.75, 3.05) is 46.6 Å². The van der Waals surface area contributed by atoms with Gasteiger partial charge in [-0.3, -0.25) is 9.59 Å². The van der Waals surface area contributed by atoms with Crippen molar-refractivity contribution in [1.29, 1.82) is 5.26 Å². The zero-order valence-electron chi connectivity index (χ0n) is 39.5. The van der Waals surface area contributed by atoms with E-state index >= 15 is 0 Å². The number of benzene rings is 6. The molecule has 3 aliphatic rings. The molecule has 2 unspecified atom stereocenters. The maximum absolute atomic E-state index is 14.0. The number of carbonyl (C=O) groups is 2. The summed E-state index contributed by atoms with van der Waals surface area (Å²) in [4.78, 5) is 32.4. The molecule has 68 heavy (non-hydrogen) atoms. The molecule has 6 aromatic rings. The minimum atomic E-state index is -1.02. The van der Waals surface area contributed by atoms with Gasteiger partial charge in [0, 0.05) is 55.6 Å². The molecule has 7 N–H and O–H groups in total. The van der Waals surface area contributed by atoms with Crippen LogP contribution in [0.4, 0.5) is 22.7 Å². The van der Waals surface area contributed by atoms with Crippen LogP contribution >= 0.6 is 0 Å². The Kier molecular flexibility index (Phi) is 13.4. The monoisotopic (exact) mass is 905 g/mol. The van der Waals surface area contributed by atoms with E-state index in [-0.39, 0.29) is 11.8 Å². The van der Waals surface area contributed by atoms with Gasteiger partial charge in [-0.2, -0.15) is 5.26 Å². The van der Waals surface area contributed by atoms with Crippen molar-refractivity contribution >= 4 is 34.6 Å². The number of nitrogens with zero attached hydrogens (tertiary/aromatic N) is 5. The van der Waals surface area contributed by atoms with Crippen molar-refractivity contribution in [3.8, 4) is 28.3 Å². The van der Waals surface area contributed by atoms with Crippen LogP contribution in [0, 0.1) is 37.0 Å². The first-order valence-electron chi connectivity index (χ1n) is 24.1. The minimum Gasteiger partial charge on any atom is -0.372 e. The Morgan fingerprint density at radius 3 is 1.97 bits per heavy atom. The summed E-state index contributed by atoms with van der Waals surface area (Å²) in [7, 11) is 0. The average Bonchev–Trinajstić information content (AvgIpc) is 4.14. The van der Waals surface area contributed by atoms with Gasteiger partial charge in [-0.15, -0.1) is 5.11 Å². The first-order chi connectivity index (χ1) is 33.0. The molecule has 11 heteroatoms. The molecule has 346 valence electrons. The van der Waals surface area contributed by atoms with Crippen molar-refractivity contribution in [2.24, 2.45) is 28.0 Å². The number of piperidine rings is 2. The summed E-state index contributed by atoms with van der Waals surface area (Å²) in [5, 5.41) is 24.0. The number of aryl methyl sites for hydroxylation is 2. The largest absolute Gasteiger partial charge is 0.372 e. The highest BCUT2D eigenvalue weighted by molar-refractivity contribution is 6.06. The molecule has 3 fully saturated rings. The Morgan fingerprint density at radius 2 is 1.31 bits per heavy atom. The molecule has 9 rings (SSSR count). The van der Waals surface area contributed by atoms with Gasteiger partial charge < -0.3 is 32.0 Å². The molecule has 1 saturated carbocycles. The van der Waals surface area contributed by atoms with Gasteiger partial charge in [0.2, 0.25) is 5.66 Å². The fraction of sp³-hybridized carbons (Fsp3) is 0.316. The molecule has 2 amide bonds. The second-order valence-corrected chi connectivity index (χ2v) is 19.3. The van der Waals surface area contributed by atoms with Gasteiger partial charge >= 0.3 is 0 Å². The van der Waals surface area contributed by atoms with Gasteiger partial charge in [0.05, 0.1) is 22.5 Å². The second-order valence-electron chi connectivity index (χ2n) is 19.3. The number of nitrogens with two attached hydrogens (primary N) is 1. The summed E-state index contributed by atoms with van der Waals surface area (Å²) in [6.45, 7) is 9.81. The highest BCUT2D eigenvalue weighted by Gasteiger charge is 2.40. The number of hydrogen-bond acceptors (Lipinski definition) is 7. The van der Waals surface area contributed by atoms with E-state index in [0.29, 0.717) is 45.8 Å². The molecule has 3 atom stereocenters. The third kappa shape index (κ3) is 10.2. The maximum Gasteiger partial charge on any atom is 0.255 e. The van der Waals surface area contributed by atoms with Crippen LogP contribution in [0.25, 0.3) is 22.3 Å². The highest BCUT2D eigenvalue weighted by Crippen LogP contribution is 2.52. The molecule has 6 aromatic carbocycles. The number of amides is 2. The molecule has 1 aliphatic carbocycles. The van der Waals surface area contributed by atoms with Crippen LogP contribution < -0.4 is 32.0 Å². The molecular weight excluding hydrogens is 843 g/mol. The Bertz CT molecular complexity index is 2890. The summed E-state index contributed by atoms with van der Waals surface area (Å²) in [6, 6.07) is 44.8. The number of rotatable bonds is 13. The van der Waals surface area contributed by atoms with E-state index < -0.39 is 5.66 Å². The fourth-order valence-corrected chi connectivity index (χ4v) is 10.5. The van der Waals surface area contributed by atoms with E-state index in [0.717, 1.165) is 102 Å². The molecule has 2 saturated heterocycles. The summed E-state index contributed by atoms with van der Waals surface area (Å²) >= 11 is 0. The average molecular weight is 905 g/mol. The van der Waals surface area contributed by atoms with E-state index in [2.05, 4.69) is 98.0 Å². The van der Waals surface area contributed by atoms with E-state index in [4.69, 9.17) is 5.84 Å². The van der Waals surface area contributed by atoms with Crippen LogP contribution in [0.15, 0.2) is 138 Å². The van der Waals surface area contributed by atoms with Crippen LogP contribution in [0.5, 0.6) is 0 Å². The van der Waals surface area contributed by atoms with Crippen LogP contribution in [0.3, 0.4) is 0 Å². The SMILES string of the molecule is Cc1cc(C#N)c(NC(=O)c2cccc(N3CCC(CC4C[C@@H]4c4cccc(-c5cc(NC(=O)c6cccc(N7CCCCC7)c6)c(C(C)([NH3+])/N=N\N)cc5C)c4)CC3)c2)cc1-c1ccccc1. The number of nitriles is 1. The normalized spacial score (nSPS) is 18.2. The molecule has 2 heterocycles. The van der Waals surface area contributed by atoms with Gasteiger partial charge in [0.15, 0.2) is 0 Å². The zero-order chi connectivity index (χ0) is 47.4. The van der Waals surface area contributed by atoms with Crippen LogP contribution in [-0.4, -0.2) is 38.0 Å². The highest BCUT2D eigenvalue weighted by atomic mass is 16.2. The second kappa shape index (κ2) is 19.9. The van der Waals surface area contributed by atoms with E-state index in [9.17, 15) is 14.9 Å². The lowest BCUT2D eigenvalue weighted by Crippen LogP contribution is -2.67. The van der Waals surface area contributed by atoms with Crippen molar-refractivity contribution < 1.29 is 15.3 Å². The molecular formula is C57H62N9O2+. The molecule has 11 nitrogen and oxygen atoms in total. The van der Waals surface area contributed by atoms with E-state index in [1.807, 2.05) is 92.7 Å². The minimum absolute atomic E-state index is 0.190. The van der Waals surface area contributed by atoms with Crippen molar-refractivity contribution in [3.05, 3.63) is 166 Å². The summed E-state index contributed by atoms with van der Waals surface area (Å²) < 4.78 is 0. The Balaban J connectivity index is 0.841. The zero-order valence-corrected chi connectivity index (χ0v) is 39.5. The molecule has 2 aliphatic heterocycles. The quantitative estimate of drug-likeness (QED) is 0.0511. The fourth-order valence-electron chi connectivity index (χ4n) is 10.5. The number of quaternary nitrogens is 1. The van der Waals surface area contributed by atoms with Gasteiger partial charge in [-0.25, -0.2) is 0 Å².